The van der Waals surface area contributed by atoms with Gasteiger partial charge in [0.05, 0.1) is 64.6 Å². The molecular weight excluding hydrogens is 553 g/mol. The van der Waals surface area contributed by atoms with Gasteiger partial charge in [-0.3, -0.25) is 13.8 Å². The smallest absolute Gasteiger partial charge is 0.394 e. The van der Waals surface area contributed by atoms with Crippen molar-refractivity contribution in [1.29, 1.82) is 0 Å². The summed E-state index contributed by atoms with van der Waals surface area (Å²) < 4.78 is 50.5. The molecule has 15 heteroatoms. The molecule has 40 heavy (non-hydrogen) atoms. The summed E-state index contributed by atoms with van der Waals surface area (Å²) in [4.78, 5) is 21.5. The third-order valence-electron chi connectivity index (χ3n) is 5.32. The highest BCUT2D eigenvalue weighted by atomic mass is 31.2. The predicted molar refractivity (Wildman–Crippen MR) is 143 cm³/mol. The molecule has 0 aromatic heterocycles. The Morgan fingerprint density at radius 2 is 1.50 bits per heavy atom. The van der Waals surface area contributed by atoms with Crippen molar-refractivity contribution in [1.82, 2.24) is 5.32 Å². The first-order valence-corrected chi connectivity index (χ1v) is 14.9. The zero-order valence-electron chi connectivity index (χ0n) is 24.7. The van der Waals surface area contributed by atoms with Crippen molar-refractivity contribution in [2.75, 3.05) is 52.9 Å². The number of carbonyl (C=O) groups excluding carboxylic acids is 1. The lowest BCUT2D eigenvalue weighted by Crippen LogP contribution is -2.64. The van der Waals surface area contributed by atoms with Crippen molar-refractivity contribution in [3.8, 4) is 0 Å². The summed E-state index contributed by atoms with van der Waals surface area (Å²) in [5.74, 6) is -0.437. The molecule has 1 saturated heterocycles. The fraction of sp³-hybridized carbons (Fsp3) is 0.960. The Labute approximate surface area is 237 Å². The number of carbonyl (C=O) groups is 1. The highest BCUT2D eigenvalue weighted by Crippen LogP contribution is 2.49. The summed E-state index contributed by atoms with van der Waals surface area (Å²) >= 11 is 0. The van der Waals surface area contributed by atoms with Crippen LogP contribution in [0.3, 0.4) is 0 Å². The van der Waals surface area contributed by atoms with Crippen LogP contribution in [0.5, 0.6) is 0 Å². The lowest BCUT2D eigenvalue weighted by atomic mass is 9.89. The maximum absolute atomic E-state index is 12.4. The first kappa shape index (κ1) is 37.3. The van der Waals surface area contributed by atoms with E-state index >= 15 is 0 Å². The summed E-state index contributed by atoms with van der Waals surface area (Å²) in [7, 11) is -4.26. The van der Waals surface area contributed by atoms with E-state index in [-0.39, 0.29) is 51.7 Å². The van der Waals surface area contributed by atoms with Gasteiger partial charge in [0.1, 0.15) is 24.4 Å². The highest BCUT2D eigenvalue weighted by Gasteiger charge is 2.45. The lowest BCUT2D eigenvalue weighted by molar-refractivity contribution is -0.272. The van der Waals surface area contributed by atoms with Gasteiger partial charge in [0.2, 0.25) is 5.91 Å². The van der Waals surface area contributed by atoms with Crippen LogP contribution in [0.2, 0.25) is 0 Å². The molecule has 1 aliphatic rings. The molecule has 1 rings (SSSR count). The van der Waals surface area contributed by atoms with Crippen LogP contribution in [0, 0.1) is 5.41 Å². The van der Waals surface area contributed by atoms with Gasteiger partial charge in [0, 0.05) is 6.92 Å². The van der Waals surface area contributed by atoms with Crippen molar-refractivity contribution in [3.05, 3.63) is 0 Å². The minimum absolute atomic E-state index is 0.0631. The minimum Gasteiger partial charge on any atom is -0.394 e. The SMILES string of the molecule is CC(=O)N[C@H]1[C@H](OCCOCCOCCOC[C@H](CC(C)(C)C)OP(=O)(O)OC(C)(C)C)O[C@H](CO)[C@H](O)[C@@H]1O. The topological polar surface area (TPSA) is 192 Å². The van der Waals surface area contributed by atoms with Gasteiger partial charge in [-0.25, -0.2) is 4.57 Å². The standard InChI is InChI=1S/C25H50NO13P/c1-17(28)26-20-22(30)21(29)19(15-27)37-23(20)36-13-12-34-9-8-33-10-11-35-16-18(14-24(2,3)4)38-40(31,32)39-25(5,6)7/h18-23,27,29-30H,8-16H2,1-7H3,(H,26,28)(H,31,32)/t18-,19+,20+,21-,22+,23+/m0/s1. The molecule has 0 aliphatic carbocycles. The molecule has 5 N–H and O–H groups in total. The Kier molecular flexibility index (Phi) is 16.2. The second kappa shape index (κ2) is 17.4. The maximum atomic E-state index is 12.4. The van der Waals surface area contributed by atoms with Crippen LogP contribution >= 0.6 is 7.82 Å². The zero-order valence-corrected chi connectivity index (χ0v) is 25.6. The quantitative estimate of drug-likeness (QED) is 0.109. The molecular formula is C25H50NO13P. The average Bonchev–Trinajstić information content (AvgIpc) is 2.78. The molecule has 7 atom stereocenters. The molecule has 0 spiro atoms. The van der Waals surface area contributed by atoms with Gasteiger partial charge in [-0.1, -0.05) is 20.8 Å². The summed E-state index contributed by atoms with van der Waals surface area (Å²) in [6.45, 7) is 13.1. The first-order chi connectivity index (χ1) is 18.4. The predicted octanol–water partition coefficient (Wildman–Crippen LogP) is 0.733. The molecule has 1 heterocycles. The number of hydrogen-bond donors (Lipinski definition) is 5. The van der Waals surface area contributed by atoms with Crippen LogP contribution in [0.25, 0.3) is 0 Å². The van der Waals surface area contributed by atoms with Gasteiger partial charge in [-0.15, -0.1) is 0 Å². The Bertz CT molecular complexity index is 773. The molecule has 0 saturated carbocycles. The largest absolute Gasteiger partial charge is 0.473 e. The van der Waals surface area contributed by atoms with Gasteiger partial charge >= 0.3 is 7.82 Å². The van der Waals surface area contributed by atoms with E-state index in [0.29, 0.717) is 6.42 Å². The Balaban J connectivity index is 2.28. The number of nitrogens with one attached hydrogen (secondary N) is 1. The molecule has 0 aromatic carbocycles. The fourth-order valence-corrected chi connectivity index (χ4v) is 5.10. The summed E-state index contributed by atoms with van der Waals surface area (Å²) in [6.07, 6.45) is -5.05. The van der Waals surface area contributed by atoms with E-state index in [2.05, 4.69) is 5.32 Å². The summed E-state index contributed by atoms with van der Waals surface area (Å²) in [6, 6.07) is -1.01. The van der Waals surface area contributed by atoms with Crippen molar-refractivity contribution >= 4 is 13.7 Å². The van der Waals surface area contributed by atoms with Crippen LogP contribution < -0.4 is 5.32 Å². The third kappa shape index (κ3) is 16.0. The molecule has 1 unspecified atom stereocenters. The number of aliphatic hydroxyl groups is 3. The molecule has 0 bridgehead atoms. The van der Waals surface area contributed by atoms with E-state index in [1.165, 1.54) is 6.92 Å². The van der Waals surface area contributed by atoms with Crippen molar-refractivity contribution < 1.29 is 62.3 Å². The third-order valence-corrected chi connectivity index (χ3v) is 6.66. The molecule has 1 aliphatic heterocycles. The van der Waals surface area contributed by atoms with Gasteiger partial charge < -0.3 is 49.2 Å². The van der Waals surface area contributed by atoms with E-state index < -0.39 is 62.7 Å². The Morgan fingerprint density at radius 1 is 0.950 bits per heavy atom. The number of phosphoric acid groups is 1. The number of hydrogen-bond acceptors (Lipinski definition) is 12. The monoisotopic (exact) mass is 603 g/mol. The Hall–Kier alpha value is -0.740. The number of ether oxygens (including phenoxy) is 5. The van der Waals surface area contributed by atoms with Gasteiger partial charge in [-0.05, 0) is 32.6 Å². The van der Waals surface area contributed by atoms with Gasteiger partial charge in [0.25, 0.3) is 0 Å². The number of aliphatic hydroxyl groups excluding tert-OH is 3. The van der Waals surface area contributed by atoms with Gasteiger partial charge in [0.15, 0.2) is 6.29 Å². The van der Waals surface area contributed by atoms with Crippen molar-refractivity contribution in [3.63, 3.8) is 0 Å². The molecule has 14 nitrogen and oxygen atoms in total. The molecule has 238 valence electrons. The van der Waals surface area contributed by atoms with E-state index in [9.17, 15) is 29.6 Å². The van der Waals surface area contributed by atoms with E-state index in [0.717, 1.165) is 0 Å². The van der Waals surface area contributed by atoms with Crippen molar-refractivity contribution in [2.45, 2.75) is 97.2 Å². The van der Waals surface area contributed by atoms with Gasteiger partial charge in [-0.2, -0.15) is 0 Å². The second-order valence-corrected chi connectivity index (χ2v) is 13.1. The highest BCUT2D eigenvalue weighted by molar-refractivity contribution is 7.47. The number of rotatable bonds is 18. The zero-order chi connectivity index (χ0) is 30.6. The van der Waals surface area contributed by atoms with E-state index in [1.54, 1.807) is 20.8 Å². The molecule has 0 aromatic rings. The normalized spacial score (nSPS) is 26.3. The molecule has 1 fully saturated rings. The average molecular weight is 604 g/mol. The van der Waals surface area contributed by atoms with Crippen LogP contribution in [-0.2, 0) is 42.1 Å². The first-order valence-electron chi connectivity index (χ1n) is 13.4. The summed E-state index contributed by atoms with van der Waals surface area (Å²) in [5, 5.41) is 32.1. The molecule has 1 amide bonds. The second-order valence-electron chi connectivity index (χ2n) is 11.8. The number of amides is 1. The van der Waals surface area contributed by atoms with Crippen LogP contribution in [0.4, 0.5) is 0 Å². The Morgan fingerprint density at radius 3 is 2.00 bits per heavy atom. The number of phosphoric ester groups is 1. The van der Waals surface area contributed by atoms with E-state index in [1.807, 2.05) is 20.8 Å². The van der Waals surface area contributed by atoms with Crippen LogP contribution in [0.1, 0.15) is 54.9 Å². The lowest BCUT2D eigenvalue weighted by Gasteiger charge is -2.42. The fourth-order valence-electron chi connectivity index (χ4n) is 3.86. The van der Waals surface area contributed by atoms with Crippen LogP contribution in [0.15, 0.2) is 0 Å². The van der Waals surface area contributed by atoms with E-state index in [4.69, 9.17) is 32.7 Å². The maximum Gasteiger partial charge on any atom is 0.473 e. The summed E-state index contributed by atoms with van der Waals surface area (Å²) in [5.41, 5.74) is -1.00. The molecule has 0 radical (unpaired) electrons. The van der Waals surface area contributed by atoms with Crippen molar-refractivity contribution in [2.24, 2.45) is 5.41 Å². The minimum atomic E-state index is -4.26. The van der Waals surface area contributed by atoms with Crippen LogP contribution in [-0.4, -0.2) is 121 Å².